The summed E-state index contributed by atoms with van der Waals surface area (Å²) >= 11 is -14.7. The maximum atomic E-state index is 5.75. The van der Waals surface area contributed by atoms with Gasteiger partial charge in [0.1, 0.15) is 0 Å². The molecule has 0 aromatic heterocycles. The van der Waals surface area contributed by atoms with Gasteiger partial charge in [-0.15, -0.1) is 0 Å². The molecule has 0 amide bonds. The van der Waals surface area contributed by atoms with Crippen LogP contribution in [0.3, 0.4) is 0 Å². The van der Waals surface area contributed by atoms with E-state index in [4.69, 9.17) is 34.5 Å². The van der Waals surface area contributed by atoms with Crippen molar-refractivity contribution < 1.29 is 34.5 Å². The largest absolute Gasteiger partial charge is 0 e. The van der Waals surface area contributed by atoms with Crippen LogP contribution in [0.2, 0.25) is 9.88 Å². The van der Waals surface area contributed by atoms with Gasteiger partial charge in [-0.2, -0.15) is 0 Å². The molecule has 13 nitrogen and oxygen atoms in total. The van der Waals surface area contributed by atoms with E-state index >= 15 is 0 Å². The van der Waals surface area contributed by atoms with Gasteiger partial charge in [-0.3, -0.25) is 0 Å². The molecule has 0 saturated carbocycles. The van der Waals surface area contributed by atoms with Gasteiger partial charge in [0.05, 0.1) is 0 Å². The summed E-state index contributed by atoms with van der Waals surface area (Å²) in [5.41, 5.74) is 0. The van der Waals surface area contributed by atoms with Crippen LogP contribution in [0.4, 0.5) is 0 Å². The zero-order valence-electron chi connectivity index (χ0n) is 16.3. The molecule has 3 rings (SSSR count). The molecular formula is C4H12Al6O13Sn7. The van der Waals surface area contributed by atoms with E-state index in [1.54, 1.807) is 59.3 Å². The van der Waals surface area contributed by atoms with Crippen molar-refractivity contribution >= 4 is 250 Å². The average molecular weight is 1260 g/mol. The average Bonchev–Trinajstić information content (AvgIpc) is 2.77. The first kappa shape index (κ1) is 40.4. The number of hydrogen-bond acceptors (Lipinski definition) is 13. The van der Waals surface area contributed by atoms with E-state index in [2.05, 4.69) is 9.88 Å². The van der Waals surface area contributed by atoms with Gasteiger partial charge in [0.2, 0.25) is 0 Å². The third kappa shape index (κ3) is 17.9. The van der Waals surface area contributed by atoms with E-state index < -0.39 is 157 Å². The summed E-state index contributed by atoms with van der Waals surface area (Å²) in [6.45, 7) is 0. The maximum absolute atomic E-state index is 5.75. The van der Waals surface area contributed by atoms with Gasteiger partial charge in [-0.25, -0.2) is 0 Å². The standard InChI is InChI=1S/2CH3O.2CH3.6Al.11O.7Sn/c2*1-2;;;;;;;;;;;;;;;;;;;;;;;;;;/h2*1H3;2*1H3;;;;;;;;;;;;;;;;;;;;;;;;/q2*-1;;;;;;;2*+1;;;;;;;;;;;;;;;;;;. The summed E-state index contributed by atoms with van der Waals surface area (Å²) in [5, 5.41) is 0. The molecule has 0 aliphatic carbocycles. The molecular weight excluding hydrogens is 1250 g/mol. The topological polar surface area (TPSA) is 120 Å². The molecule has 152 valence electrons. The first-order chi connectivity index (χ1) is 13.8. The Labute approximate surface area is 301 Å². The zero-order valence-corrected chi connectivity index (χ0v) is 43.2. The number of hydrogen-bond donors (Lipinski definition) is 0. The van der Waals surface area contributed by atoms with E-state index in [1.807, 2.05) is 0 Å². The molecule has 0 spiro atoms. The zero-order chi connectivity index (χ0) is 20.8. The molecule has 3 aliphatic rings. The van der Waals surface area contributed by atoms with E-state index in [1.165, 1.54) is 0 Å². The maximum Gasteiger partial charge on any atom is 0 e. The van der Waals surface area contributed by atoms with Crippen molar-refractivity contribution in [3.63, 3.8) is 0 Å². The molecule has 0 atom stereocenters. The van der Waals surface area contributed by atoms with Crippen molar-refractivity contribution in [3.8, 4) is 0 Å². The Bertz CT molecular complexity index is 370. The second-order valence-corrected chi connectivity index (χ2v) is 28.6. The Morgan fingerprint density at radius 3 is 1.00 bits per heavy atom. The van der Waals surface area contributed by atoms with E-state index in [-0.39, 0.29) is 47.8 Å². The minimum absolute atomic E-state index is 0. The normalized spacial score (nSPS) is 19.0. The van der Waals surface area contributed by atoms with Gasteiger partial charge < -0.3 is 0 Å². The van der Waals surface area contributed by atoms with E-state index in [9.17, 15) is 0 Å². The van der Waals surface area contributed by atoms with Crippen LogP contribution in [-0.4, -0.2) is 264 Å². The van der Waals surface area contributed by atoms with Gasteiger partial charge in [-0.1, -0.05) is 0 Å². The Morgan fingerprint density at radius 1 is 0.500 bits per heavy atom. The third-order valence-electron chi connectivity index (χ3n) is 2.36. The predicted octanol–water partition coefficient (Wildman–Crippen LogP) is -4.34. The molecule has 0 aromatic rings. The summed E-state index contributed by atoms with van der Waals surface area (Å²) in [6, 6.07) is 0. The molecule has 3 aliphatic heterocycles. The molecule has 0 aromatic carbocycles. The first-order valence-corrected chi connectivity index (χ1v) is 28.5. The van der Waals surface area contributed by atoms with Crippen molar-refractivity contribution in [2.24, 2.45) is 0 Å². The van der Waals surface area contributed by atoms with Gasteiger partial charge in [-0.05, 0) is 0 Å². The molecule has 26 heteroatoms. The molecule has 30 heavy (non-hydrogen) atoms. The summed E-state index contributed by atoms with van der Waals surface area (Å²) in [4.78, 5) is 4.18. The van der Waals surface area contributed by atoms with Crippen LogP contribution in [0.1, 0.15) is 0 Å². The summed E-state index contributed by atoms with van der Waals surface area (Å²) < 4.78 is 71.3. The molecule has 0 bridgehead atoms. The SMILES string of the molecule is C[O][Al]1[O][Sn][O][Al]([O][Al]2[O][Sn][O][Al]([O][Al]3[O][Sn][O][Al]([O]C)[O]3)[O]2)[O]1.[CH3][Sn].[CH3][Sn].[Sn].[Sn]. The first-order valence-electron chi connectivity index (χ1n) is 7.28. The third-order valence-corrected chi connectivity index (χ3v) is 28.6. The van der Waals surface area contributed by atoms with Crippen LogP contribution in [0.25, 0.3) is 0 Å². The molecule has 3 saturated heterocycles. The van der Waals surface area contributed by atoms with Crippen LogP contribution >= 0.6 is 0 Å². The van der Waals surface area contributed by atoms with Crippen molar-refractivity contribution in [2.75, 3.05) is 14.2 Å². The summed E-state index contributed by atoms with van der Waals surface area (Å²) in [5.74, 6) is 0. The smallest absolute Gasteiger partial charge is 0 e. The van der Waals surface area contributed by atoms with Gasteiger partial charge in [0.25, 0.3) is 0 Å². The van der Waals surface area contributed by atoms with Gasteiger partial charge in [0, 0.05) is 47.8 Å². The fourth-order valence-corrected chi connectivity index (χ4v) is 37.0. The van der Waals surface area contributed by atoms with Crippen molar-refractivity contribution in [1.82, 2.24) is 0 Å². The predicted molar refractivity (Wildman–Crippen MR) is 112 cm³/mol. The van der Waals surface area contributed by atoms with Crippen molar-refractivity contribution in [1.29, 1.82) is 0 Å². The van der Waals surface area contributed by atoms with Crippen LogP contribution in [0.5, 0.6) is 0 Å². The van der Waals surface area contributed by atoms with Gasteiger partial charge >= 0.3 is 260 Å². The second kappa shape index (κ2) is 27.4. The minimum Gasteiger partial charge on any atom is 0 e. The monoisotopic (exact) mass is 1270 g/mol. The van der Waals surface area contributed by atoms with Crippen LogP contribution in [0.15, 0.2) is 0 Å². The van der Waals surface area contributed by atoms with Crippen LogP contribution in [-0.2, 0) is 34.5 Å². The molecule has 0 unspecified atom stereocenters. The Balaban J connectivity index is 0. The fourth-order valence-electron chi connectivity index (χ4n) is 1.39. The van der Waals surface area contributed by atoms with E-state index in [0.29, 0.717) is 0 Å². The Morgan fingerprint density at radius 2 is 0.733 bits per heavy atom. The van der Waals surface area contributed by atoms with Crippen molar-refractivity contribution in [3.05, 3.63) is 0 Å². The quantitative estimate of drug-likeness (QED) is 0.239. The molecule has 3 heterocycles. The molecule has 20 radical (unpaired) electrons. The summed E-state index contributed by atoms with van der Waals surface area (Å²) in [6.07, 6.45) is 0. The molecule has 0 N–H and O–H groups in total. The molecule has 3 fully saturated rings. The Hall–Kier alpha value is 8.27. The number of rotatable bonds is 6. The van der Waals surface area contributed by atoms with E-state index in [0.717, 1.165) is 0 Å². The summed E-state index contributed by atoms with van der Waals surface area (Å²) in [7, 11) is 3.10. The minimum atomic E-state index is -2.38. The van der Waals surface area contributed by atoms with Crippen LogP contribution < -0.4 is 0 Å². The fraction of sp³-hybridized carbons (Fsp3) is 1.00. The Kier molecular flexibility index (Phi) is 37.0. The van der Waals surface area contributed by atoms with Crippen LogP contribution in [0, 0.1) is 0 Å². The van der Waals surface area contributed by atoms with Crippen molar-refractivity contribution in [2.45, 2.75) is 9.88 Å². The second-order valence-electron chi connectivity index (χ2n) is 3.84. The van der Waals surface area contributed by atoms with Gasteiger partial charge in [0.15, 0.2) is 0 Å².